The van der Waals surface area contributed by atoms with Crippen LogP contribution in [0.1, 0.15) is 25.7 Å². The van der Waals surface area contributed by atoms with Crippen molar-refractivity contribution in [2.45, 2.75) is 37.9 Å². The molecule has 0 saturated carbocycles. The SMILES string of the molecule is O=S(C[C@H]1CCCO1)C[C@H]1CCCO1. The Morgan fingerprint density at radius 1 is 1.00 bits per heavy atom. The fourth-order valence-corrected chi connectivity index (χ4v) is 3.53. The summed E-state index contributed by atoms with van der Waals surface area (Å²) in [6.07, 6.45) is 4.91. The van der Waals surface area contributed by atoms with E-state index in [9.17, 15) is 4.21 Å². The lowest BCUT2D eigenvalue weighted by Gasteiger charge is -2.11. The van der Waals surface area contributed by atoms with Crippen LogP contribution in [0.25, 0.3) is 0 Å². The van der Waals surface area contributed by atoms with Crippen molar-refractivity contribution in [2.24, 2.45) is 0 Å². The zero-order valence-electron chi connectivity index (χ0n) is 8.44. The molecule has 0 radical (unpaired) electrons. The standard InChI is InChI=1S/C10H18O3S/c11-14(7-9-3-1-5-12-9)8-10-4-2-6-13-10/h9-10H,1-8H2/t9-,10-/m1/s1. The fourth-order valence-electron chi connectivity index (χ4n) is 2.03. The lowest BCUT2D eigenvalue weighted by Crippen LogP contribution is -2.23. The maximum Gasteiger partial charge on any atom is 0.0691 e. The Hall–Kier alpha value is 0.0700. The molecule has 0 unspecified atom stereocenters. The lowest BCUT2D eigenvalue weighted by molar-refractivity contribution is 0.123. The highest BCUT2D eigenvalue weighted by Crippen LogP contribution is 2.16. The van der Waals surface area contributed by atoms with Gasteiger partial charge in [-0.3, -0.25) is 4.21 Å². The first kappa shape index (κ1) is 10.6. The first-order chi connectivity index (χ1) is 6.84. The predicted molar refractivity (Wildman–Crippen MR) is 55.8 cm³/mol. The molecule has 0 spiro atoms. The van der Waals surface area contributed by atoms with E-state index in [0.29, 0.717) is 11.5 Å². The van der Waals surface area contributed by atoms with Crippen LogP contribution < -0.4 is 0 Å². The summed E-state index contributed by atoms with van der Waals surface area (Å²) in [5.41, 5.74) is 0. The van der Waals surface area contributed by atoms with Crippen LogP contribution in [0.15, 0.2) is 0 Å². The van der Waals surface area contributed by atoms with Gasteiger partial charge in [0, 0.05) is 35.5 Å². The number of ether oxygens (including phenoxy) is 2. The molecular formula is C10H18O3S. The molecule has 2 aliphatic rings. The molecule has 0 aromatic carbocycles. The Labute approximate surface area is 87.6 Å². The Balaban J connectivity index is 1.66. The summed E-state index contributed by atoms with van der Waals surface area (Å²) < 4.78 is 22.6. The van der Waals surface area contributed by atoms with Crippen LogP contribution in [-0.2, 0) is 20.3 Å². The monoisotopic (exact) mass is 218 g/mol. The van der Waals surface area contributed by atoms with E-state index in [1.54, 1.807) is 0 Å². The van der Waals surface area contributed by atoms with Gasteiger partial charge in [0.15, 0.2) is 0 Å². The first-order valence-electron chi connectivity index (χ1n) is 5.43. The van der Waals surface area contributed by atoms with Gasteiger partial charge in [0.05, 0.1) is 12.2 Å². The van der Waals surface area contributed by atoms with Crippen LogP contribution in [0, 0.1) is 0 Å². The van der Waals surface area contributed by atoms with Crippen molar-refractivity contribution in [1.29, 1.82) is 0 Å². The van der Waals surface area contributed by atoms with Gasteiger partial charge in [-0.25, -0.2) is 0 Å². The highest BCUT2D eigenvalue weighted by Gasteiger charge is 2.22. The number of rotatable bonds is 4. The van der Waals surface area contributed by atoms with Crippen molar-refractivity contribution in [3.63, 3.8) is 0 Å². The third kappa shape index (κ3) is 3.04. The molecule has 0 amide bonds. The van der Waals surface area contributed by atoms with Crippen LogP contribution in [0.3, 0.4) is 0 Å². The summed E-state index contributed by atoms with van der Waals surface area (Å²) in [6, 6.07) is 0. The smallest absolute Gasteiger partial charge is 0.0691 e. The van der Waals surface area contributed by atoms with Gasteiger partial charge < -0.3 is 9.47 Å². The van der Waals surface area contributed by atoms with Gasteiger partial charge in [0.1, 0.15) is 0 Å². The summed E-state index contributed by atoms with van der Waals surface area (Å²) in [7, 11) is -0.750. The summed E-state index contributed by atoms with van der Waals surface area (Å²) in [5.74, 6) is 1.42. The Morgan fingerprint density at radius 2 is 1.50 bits per heavy atom. The molecule has 0 N–H and O–H groups in total. The normalized spacial score (nSPS) is 32.9. The average molecular weight is 218 g/mol. The van der Waals surface area contributed by atoms with E-state index in [4.69, 9.17) is 9.47 Å². The second-order valence-corrected chi connectivity index (χ2v) is 5.59. The fraction of sp³-hybridized carbons (Fsp3) is 1.00. The van der Waals surface area contributed by atoms with E-state index < -0.39 is 10.8 Å². The molecule has 0 aromatic heterocycles. The zero-order chi connectivity index (χ0) is 9.80. The Bertz CT molecular complexity index is 176. The van der Waals surface area contributed by atoms with E-state index in [1.165, 1.54) is 0 Å². The van der Waals surface area contributed by atoms with Crippen molar-refractivity contribution in [2.75, 3.05) is 24.7 Å². The van der Waals surface area contributed by atoms with E-state index in [-0.39, 0.29) is 12.2 Å². The molecule has 2 fully saturated rings. The maximum atomic E-state index is 11.7. The number of hydrogen-bond donors (Lipinski definition) is 0. The Morgan fingerprint density at radius 3 is 1.86 bits per heavy atom. The van der Waals surface area contributed by atoms with Gasteiger partial charge in [-0.15, -0.1) is 0 Å². The predicted octanol–water partition coefficient (Wildman–Crippen LogP) is 1.09. The molecule has 2 heterocycles. The molecule has 0 aliphatic carbocycles. The van der Waals surface area contributed by atoms with Crippen LogP contribution >= 0.6 is 0 Å². The molecule has 4 heteroatoms. The highest BCUT2D eigenvalue weighted by molar-refractivity contribution is 7.85. The van der Waals surface area contributed by atoms with Gasteiger partial charge in [0.25, 0.3) is 0 Å². The molecule has 0 bridgehead atoms. The van der Waals surface area contributed by atoms with Crippen molar-refractivity contribution in [3.05, 3.63) is 0 Å². The van der Waals surface area contributed by atoms with Gasteiger partial charge >= 0.3 is 0 Å². The van der Waals surface area contributed by atoms with Crippen LogP contribution in [0.2, 0.25) is 0 Å². The van der Waals surface area contributed by atoms with Crippen LogP contribution in [0.5, 0.6) is 0 Å². The second kappa shape index (κ2) is 5.24. The third-order valence-electron chi connectivity index (χ3n) is 2.79. The minimum Gasteiger partial charge on any atom is -0.377 e. The topological polar surface area (TPSA) is 35.5 Å². The van der Waals surface area contributed by atoms with Gasteiger partial charge in [-0.05, 0) is 25.7 Å². The van der Waals surface area contributed by atoms with E-state index in [2.05, 4.69) is 0 Å². The van der Waals surface area contributed by atoms with Crippen LogP contribution in [-0.4, -0.2) is 41.1 Å². The van der Waals surface area contributed by atoms with E-state index >= 15 is 0 Å². The van der Waals surface area contributed by atoms with Crippen molar-refractivity contribution in [1.82, 2.24) is 0 Å². The van der Waals surface area contributed by atoms with Crippen molar-refractivity contribution >= 4 is 10.8 Å². The highest BCUT2D eigenvalue weighted by atomic mass is 32.2. The molecule has 0 aromatic rings. The second-order valence-electron chi connectivity index (χ2n) is 4.04. The summed E-state index contributed by atoms with van der Waals surface area (Å²) in [5, 5.41) is 0. The van der Waals surface area contributed by atoms with Crippen LogP contribution in [0.4, 0.5) is 0 Å². The van der Waals surface area contributed by atoms with Crippen molar-refractivity contribution < 1.29 is 13.7 Å². The molecule has 2 atom stereocenters. The Kier molecular flexibility index (Phi) is 3.96. The van der Waals surface area contributed by atoms with Crippen molar-refractivity contribution in [3.8, 4) is 0 Å². The van der Waals surface area contributed by atoms with E-state index in [0.717, 1.165) is 38.9 Å². The lowest BCUT2D eigenvalue weighted by atomic mass is 10.3. The summed E-state index contributed by atoms with van der Waals surface area (Å²) in [6.45, 7) is 1.70. The molecule has 2 saturated heterocycles. The van der Waals surface area contributed by atoms with E-state index in [1.807, 2.05) is 0 Å². The largest absolute Gasteiger partial charge is 0.377 e. The molecule has 14 heavy (non-hydrogen) atoms. The maximum absolute atomic E-state index is 11.7. The van der Waals surface area contributed by atoms with Gasteiger partial charge in [-0.1, -0.05) is 0 Å². The summed E-state index contributed by atoms with van der Waals surface area (Å²) in [4.78, 5) is 0. The molecule has 2 aliphatic heterocycles. The minimum absolute atomic E-state index is 0.247. The number of hydrogen-bond acceptors (Lipinski definition) is 3. The minimum atomic E-state index is -0.750. The average Bonchev–Trinajstić information content (AvgIpc) is 2.76. The molecule has 3 nitrogen and oxygen atoms in total. The zero-order valence-corrected chi connectivity index (χ0v) is 9.26. The van der Waals surface area contributed by atoms with Gasteiger partial charge in [0.2, 0.25) is 0 Å². The third-order valence-corrected chi connectivity index (χ3v) is 4.28. The molecular weight excluding hydrogens is 200 g/mol. The first-order valence-corrected chi connectivity index (χ1v) is 6.91. The quantitative estimate of drug-likeness (QED) is 0.708. The summed E-state index contributed by atoms with van der Waals surface area (Å²) >= 11 is 0. The van der Waals surface area contributed by atoms with Gasteiger partial charge in [-0.2, -0.15) is 0 Å². The molecule has 82 valence electrons. The molecule has 2 rings (SSSR count).